The van der Waals surface area contributed by atoms with Gasteiger partial charge in [-0.3, -0.25) is 9.36 Å². The largest absolute Gasteiger partial charge is 0.393 e. The molecular weight excluding hydrogens is 182 g/mol. The van der Waals surface area contributed by atoms with E-state index in [1.165, 1.54) is 15.3 Å². The molecular formula is C9H15N3O2. The van der Waals surface area contributed by atoms with Gasteiger partial charge in [-0.1, -0.05) is 6.92 Å². The van der Waals surface area contributed by atoms with Crippen LogP contribution in [-0.4, -0.2) is 9.13 Å². The Morgan fingerprint density at radius 3 is 2.57 bits per heavy atom. The molecule has 78 valence electrons. The smallest absolute Gasteiger partial charge is 0.331 e. The maximum absolute atomic E-state index is 11.6. The van der Waals surface area contributed by atoms with E-state index in [1.54, 1.807) is 7.05 Å². The fraction of sp³-hybridized carbons (Fsp3) is 0.556. The molecule has 0 aliphatic carbocycles. The van der Waals surface area contributed by atoms with E-state index in [9.17, 15) is 9.59 Å². The van der Waals surface area contributed by atoms with Gasteiger partial charge in [-0.2, -0.15) is 0 Å². The molecule has 1 heterocycles. The highest BCUT2D eigenvalue weighted by Crippen LogP contribution is 2.03. The van der Waals surface area contributed by atoms with Gasteiger partial charge in [0.15, 0.2) is 0 Å². The molecule has 5 nitrogen and oxygen atoms in total. The van der Waals surface area contributed by atoms with Crippen molar-refractivity contribution in [2.75, 3.05) is 5.73 Å². The van der Waals surface area contributed by atoms with Crippen LogP contribution >= 0.6 is 0 Å². The average molecular weight is 197 g/mol. The summed E-state index contributed by atoms with van der Waals surface area (Å²) in [6, 6.07) is -0.121. The van der Waals surface area contributed by atoms with Gasteiger partial charge in [0, 0.05) is 19.3 Å². The van der Waals surface area contributed by atoms with Crippen molar-refractivity contribution in [3.63, 3.8) is 0 Å². The molecule has 1 unspecified atom stereocenters. The van der Waals surface area contributed by atoms with Crippen molar-refractivity contribution in [1.82, 2.24) is 9.13 Å². The maximum atomic E-state index is 11.6. The maximum Gasteiger partial charge on any atom is 0.331 e. The summed E-state index contributed by atoms with van der Waals surface area (Å²) < 4.78 is 2.51. The Kier molecular flexibility index (Phi) is 2.78. The van der Waals surface area contributed by atoms with Crippen LogP contribution in [0.2, 0.25) is 0 Å². The van der Waals surface area contributed by atoms with Crippen LogP contribution in [0.15, 0.2) is 15.8 Å². The first-order chi connectivity index (χ1) is 6.49. The van der Waals surface area contributed by atoms with Gasteiger partial charge < -0.3 is 10.3 Å². The Hall–Kier alpha value is -1.52. The Balaban J connectivity index is 3.56. The fourth-order valence-corrected chi connectivity index (χ4v) is 1.29. The van der Waals surface area contributed by atoms with E-state index in [4.69, 9.17) is 5.73 Å². The zero-order valence-electron chi connectivity index (χ0n) is 8.65. The average Bonchev–Trinajstić information content (AvgIpc) is 2.15. The first kappa shape index (κ1) is 10.6. The van der Waals surface area contributed by atoms with Crippen LogP contribution in [0.4, 0.5) is 5.69 Å². The fourth-order valence-electron chi connectivity index (χ4n) is 1.29. The molecule has 0 aliphatic heterocycles. The molecule has 2 N–H and O–H groups in total. The van der Waals surface area contributed by atoms with Crippen LogP contribution < -0.4 is 17.0 Å². The summed E-state index contributed by atoms with van der Waals surface area (Å²) in [7, 11) is 1.58. The van der Waals surface area contributed by atoms with E-state index in [1.807, 2.05) is 13.8 Å². The lowest BCUT2D eigenvalue weighted by molar-refractivity contribution is 0.475. The minimum atomic E-state index is -0.401. The molecule has 0 saturated carbocycles. The standard InChI is InChI=1S/C9H15N3O2/c1-4-6(2)12-8(13)7(10)5-11(3)9(12)14/h5-6H,4,10H2,1-3H3. The highest BCUT2D eigenvalue weighted by molar-refractivity contribution is 5.31. The van der Waals surface area contributed by atoms with E-state index in [0.717, 1.165) is 6.42 Å². The highest BCUT2D eigenvalue weighted by Gasteiger charge is 2.11. The molecule has 14 heavy (non-hydrogen) atoms. The van der Waals surface area contributed by atoms with Gasteiger partial charge in [0.05, 0.1) is 0 Å². The van der Waals surface area contributed by atoms with E-state index < -0.39 is 5.56 Å². The van der Waals surface area contributed by atoms with Crippen LogP contribution in [0.3, 0.4) is 0 Å². The first-order valence-corrected chi connectivity index (χ1v) is 4.56. The van der Waals surface area contributed by atoms with Crippen LogP contribution in [-0.2, 0) is 7.05 Å². The number of anilines is 1. The van der Waals surface area contributed by atoms with Gasteiger partial charge in [-0.05, 0) is 13.3 Å². The summed E-state index contributed by atoms with van der Waals surface area (Å²) in [5.74, 6) is 0. The number of nitrogen functional groups attached to an aromatic ring is 1. The van der Waals surface area contributed by atoms with Gasteiger partial charge in [-0.15, -0.1) is 0 Å². The minimum absolute atomic E-state index is 0.104. The third-order valence-corrected chi connectivity index (χ3v) is 2.34. The molecule has 0 amide bonds. The summed E-state index contributed by atoms with van der Waals surface area (Å²) in [5.41, 5.74) is 4.87. The van der Waals surface area contributed by atoms with Crippen LogP contribution in [0.5, 0.6) is 0 Å². The Labute approximate surface area is 81.8 Å². The van der Waals surface area contributed by atoms with Crippen molar-refractivity contribution in [2.45, 2.75) is 26.3 Å². The number of aromatic nitrogens is 2. The number of aryl methyl sites for hydroxylation is 1. The SMILES string of the molecule is CCC(C)n1c(=O)c(N)cn(C)c1=O. The molecule has 0 aliphatic rings. The second-order valence-corrected chi connectivity index (χ2v) is 3.41. The van der Waals surface area contributed by atoms with Gasteiger partial charge >= 0.3 is 5.69 Å². The molecule has 1 rings (SSSR count). The molecule has 5 heteroatoms. The van der Waals surface area contributed by atoms with E-state index in [2.05, 4.69) is 0 Å². The zero-order valence-corrected chi connectivity index (χ0v) is 8.65. The summed E-state index contributed by atoms with van der Waals surface area (Å²) in [4.78, 5) is 23.2. The third kappa shape index (κ3) is 1.57. The van der Waals surface area contributed by atoms with Crippen molar-refractivity contribution in [2.24, 2.45) is 7.05 Å². The molecule has 1 atom stereocenters. The summed E-state index contributed by atoms with van der Waals surface area (Å²) in [6.07, 6.45) is 2.07. The lowest BCUT2D eigenvalue weighted by Crippen LogP contribution is -2.41. The van der Waals surface area contributed by atoms with Gasteiger partial charge in [0.25, 0.3) is 5.56 Å². The molecule has 0 aromatic carbocycles. The molecule has 0 radical (unpaired) electrons. The van der Waals surface area contributed by atoms with Crippen molar-refractivity contribution in [3.8, 4) is 0 Å². The van der Waals surface area contributed by atoms with Crippen molar-refractivity contribution >= 4 is 5.69 Å². The van der Waals surface area contributed by atoms with E-state index in [-0.39, 0.29) is 17.4 Å². The summed E-state index contributed by atoms with van der Waals surface area (Å²) in [5, 5.41) is 0. The molecule has 1 aromatic heterocycles. The van der Waals surface area contributed by atoms with Crippen LogP contribution in [0.1, 0.15) is 26.3 Å². The highest BCUT2D eigenvalue weighted by atomic mass is 16.2. The van der Waals surface area contributed by atoms with Crippen molar-refractivity contribution in [1.29, 1.82) is 0 Å². The predicted molar refractivity (Wildman–Crippen MR) is 55.4 cm³/mol. The van der Waals surface area contributed by atoms with Gasteiger partial charge in [0.2, 0.25) is 0 Å². The zero-order chi connectivity index (χ0) is 10.9. The van der Waals surface area contributed by atoms with Crippen molar-refractivity contribution in [3.05, 3.63) is 27.0 Å². The lowest BCUT2D eigenvalue weighted by Gasteiger charge is -2.13. The van der Waals surface area contributed by atoms with Crippen LogP contribution in [0, 0.1) is 0 Å². The molecule has 0 spiro atoms. The quantitative estimate of drug-likeness (QED) is 0.731. The van der Waals surface area contributed by atoms with Crippen LogP contribution in [0.25, 0.3) is 0 Å². The number of nitrogens with zero attached hydrogens (tertiary/aromatic N) is 2. The Morgan fingerprint density at radius 1 is 1.50 bits per heavy atom. The second-order valence-electron chi connectivity index (χ2n) is 3.41. The monoisotopic (exact) mass is 197 g/mol. The van der Waals surface area contributed by atoms with Gasteiger partial charge in [0.1, 0.15) is 5.69 Å². The minimum Gasteiger partial charge on any atom is -0.393 e. The van der Waals surface area contributed by atoms with E-state index in [0.29, 0.717) is 0 Å². The Bertz CT molecular complexity index is 410. The summed E-state index contributed by atoms with van der Waals surface area (Å²) in [6.45, 7) is 3.74. The Morgan fingerprint density at radius 2 is 2.07 bits per heavy atom. The lowest BCUT2D eigenvalue weighted by atomic mass is 10.2. The summed E-state index contributed by atoms with van der Waals surface area (Å²) >= 11 is 0. The number of rotatable bonds is 2. The van der Waals surface area contributed by atoms with Gasteiger partial charge in [-0.25, -0.2) is 4.79 Å². The first-order valence-electron chi connectivity index (χ1n) is 4.56. The number of hydrogen-bond donors (Lipinski definition) is 1. The van der Waals surface area contributed by atoms with E-state index >= 15 is 0 Å². The predicted octanol–water partition coefficient (Wildman–Crippen LogP) is 0.100. The molecule has 0 fully saturated rings. The number of nitrogens with two attached hydrogens (primary N) is 1. The number of hydrogen-bond acceptors (Lipinski definition) is 3. The molecule has 1 aromatic rings. The molecule has 0 saturated heterocycles. The molecule has 0 bridgehead atoms. The third-order valence-electron chi connectivity index (χ3n) is 2.34. The second kappa shape index (κ2) is 3.69. The normalized spacial score (nSPS) is 12.8. The van der Waals surface area contributed by atoms with Crippen molar-refractivity contribution < 1.29 is 0 Å². The topological polar surface area (TPSA) is 70.0 Å².